The zero-order valence-electron chi connectivity index (χ0n) is 11.8. The molecule has 0 spiro atoms. The Kier molecular flexibility index (Phi) is 3.37. The molecule has 1 saturated heterocycles. The third-order valence-corrected chi connectivity index (χ3v) is 4.22. The number of guanidine groups is 1. The fraction of sp³-hybridized carbons (Fsp3) is 0.500. The predicted molar refractivity (Wildman–Crippen MR) is 79.7 cm³/mol. The van der Waals surface area contributed by atoms with Crippen molar-refractivity contribution in [3.63, 3.8) is 0 Å². The maximum Gasteiger partial charge on any atom is 0.209 e. The number of hydrogen-bond acceptors (Lipinski definition) is 6. The van der Waals surface area contributed by atoms with Crippen LogP contribution in [0.2, 0.25) is 0 Å². The first-order chi connectivity index (χ1) is 9.57. The number of rotatable bonds is 2. The van der Waals surface area contributed by atoms with E-state index in [1.165, 1.54) is 31.5 Å². The number of likely N-dealkylation sites (tertiary alicyclic amines) is 1. The minimum atomic E-state index is -0.963. The van der Waals surface area contributed by atoms with E-state index in [1.807, 2.05) is 12.1 Å². The Hall–Kier alpha value is -1.63. The number of nitrogens with zero attached hydrogens (tertiary/aromatic N) is 2. The van der Waals surface area contributed by atoms with Crippen molar-refractivity contribution in [3.05, 3.63) is 35.4 Å². The average molecular weight is 274 g/mol. The third-order valence-electron chi connectivity index (χ3n) is 4.22. The number of piperidine rings is 1. The summed E-state index contributed by atoms with van der Waals surface area (Å²) >= 11 is 0. The van der Waals surface area contributed by atoms with Gasteiger partial charge in [-0.15, -0.1) is 0 Å². The Bertz CT molecular complexity index is 503. The lowest BCUT2D eigenvalue weighted by Crippen LogP contribution is -2.50. The van der Waals surface area contributed by atoms with Gasteiger partial charge in [-0.2, -0.15) is 5.43 Å². The third kappa shape index (κ3) is 2.49. The van der Waals surface area contributed by atoms with E-state index in [-0.39, 0.29) is 0 Å². The van der Waals surface area contributed by atoms with Gasteiger partial charge in [0.15, 0.2) is 0 Å². The molecular weight excluding hydrogens is 252 g/mol. The lowest BCUT2D eigenvalue weighted by Gasteiger charge is -2.29. The Morgan fingerprint density at radius 3 is 2.45 bits per heavy atom. The molecule has 2 heterocycles. The summed E-state index contributed by atoms with van der Waals surface area (Å²) in [5, 5.41) is 0. The van der Waals surface area contributed by atoms with Crippen molar-refractivity contribution in [2.45, 2.75) is 24.5 Å². The van der Waals surface area contributed by atoms with Crippen LogP contribution in [-0.2, 0) is 5.79 Å². The highest BCUT2D eigenvalue weighted by Gasteiger charge is 2.31. The molecule has 1 atom stereocenters. The molecule has 6 N–H and O–H groups in total. The molecule has 1 aromatic carbocycles. The highest BCUT2D eigenvalue weighted by Crippen LogP contribution is 2.29. The van der Waals surface area contributed by atoms with Gasteiger partial charge in [-0.25, -0.2) is 4.99 Å². The summed E-state index contributed by atoms with van der Waals surface area (Å²) in [5.74, 6) is -0.000770. The van der Waals surface area contributed by atoms with E-state index in [2.05, 4.69) is 39.9 Å². The molecule has 1 aromatic rings. The fourth-order valence-corrected chi connectivity index (χ4v) is 2.89. The van der Waals surface area contributed by atoms with Crippen molar-refractivity contribution in [1.82, 2.24) is 15.8 Å². The number of aliphatic imine (C=N–C) groups is 1. The lowest BCUT2D eigenvalue weighted by molar-refractivity contribution is 0.255. The van der Waals surface area contributed by atoms with Crippen molar-refractivity contribution in [2.75, 3.05) is 20.1 Å². The van der Waals surface area contributed by atoms with E-state index in [1.54, 1.807) is 0 Å². The van der Waals surface area contributed by atoms with Crippen molar-refractivity contribution in [3.8, 4) is 0 Å². The zero-order valence-corrected chi connectivity index (χ0v) is 11.8. The number of hydrazine groups is 1. The van der Waals surface area contributed by atoms with E-state index in [4.69, 9.17) is 11.5 Å². The molecule has 0 aliphatic carbocycles. The maximum absolute atomic E-state index is 6.17. The topological polar surface area (TPSA) is 91.7 Å². The van der Waals surface area contributed by atoms with Crippen molar-refractivity contribution in [1.29, 1.82) is 0 Å². The second kappa shape index (κ2) is 5.05. The van der Waals surface area contributed by atoms with Gasteiger partial charge in [-0.05, 0) is 44.5 Å². The fourth-order valence-electron chi connectivity index (χ4n) is 2.89. The summed E-state index contributed by atoms with van der Waals surface area (Å²) in [5.41, 5.74) is 19.7. The predicted octanol–water partition coefficient (Wildman–Crippen LogP) is -0.0127. The summed E-state index contributed by atoms with van der Waals surface area (Å²) in [6.07, 6.45) is 2.43. The molecule has 0 bridgehead atoms. The molecule has 0 radical (unpaired) electrons. The van der Waals surface area contributed by atoms with E-state index < -0.39 is 5.79 Å². The number of nitrogens with two attached hydrogens (primary N) is 2. The van der Waals surface area contributed by atoms with E-state index in [0.29, 0.717) is 11.9 Å². The summed E-state index contributed by atoms with van der Waals surface area (Å²) in [6, 6.07) is 8.38. The van der Waals surface area contributed by atoms with Gasteiger partial charge in [-0.3, -0.25) is 11.2 Å². The van der Waals surface area contributed by atoms with Gasteiger partial charge in [0, 0.05) is 5.56 Å². The molecule has 3 rings (SSSR count). The molecule has 1 fully saturated rings. The van der Waals surface area contributed by atoms with Crippen LogP contribution in [0.25, 0.3) is 0 Å². The molecule has 1 unspecified atom stereocenters. The van der Waals surface area contributed by atoms with Gasteiger partial charge < -0.3 is 10.6 Å². The second-order valence-electron chi connectivity index (χ2n) is 5.71. The first-order valence-electron chi connectivity index (χ1n) is 7.03. The van der Waals surface area contributed by atoms with Crippen LogP contribution in [0.3, 0.4) is 0 Å². The van der Waals surface area contributed by atoms with Crippen LogP contribution in [0.5, 0.6) is 0 Å². The van der Waals surface area contributed by atoms with Gasteiger partial charge in [0.1, 0.15) is 0 Å². The molecule has 0 saturated carbocycles. The maximum atomic E-state index is 6.17. The van der Waals surface area contributed by atoms with Gasteiger partial charge in [-0.1, -0.05) is 24.3 Å². The highest BCUT2D eigenvalue weighted by atomic mass is 15.6. The molecular formula is C14H22N6. The van der Waals surface area contributed by atoms with Crippen LogP contribution < -0.4 is 22.3 Å². The SMILES string of the molecule is CN1CCC(c2ccc(C3(N)N=C(N)NN3)cc2)CC1. The first kappa shape index (κ1) is 13.4. The molecule has 108 valence electrons. The molecule has 6 heteroatoms. The van der Waals surface area contributed by atoms with Gasteiger partial charge in [0.2, 0.25) is 11.7 Å². The lowest BCUT2D eigenvalue weighted by atomic mass is 9.89. The standard InChI is InChI=1S/C14H22N6/c1-20-8-6-11(7-9-20)10-2-4-12(5-3-10)14(16)17-13(15)18-19-14/h2-5,11,19H,6-9,16H2,1H3,(H3,15,17,18). The molecule has 0 amide bonds. The van der Waals surface area contributed by atoms with Crippen LogP contribution in [0.15, 0.2) is 29.3 Å². The smallest absolute Gasteiger partial charge is 0.209 e. The van der Waals surface area contributed by atoms with E-state index in [9.17, 15) is 0 Å². The normalized spacial score (nSPS) is 28.2. The van der Waals surface area contributed by atoms with Crippen molar-refractivity contribution >= 4 is 5.96 Å². The quantitative estimate of drug-likeness (QED) is 0.609. The van der Waals surface area contributed by atoms with Crippen LogP contribution >= 0.6 is 0 Å². The molecule has 2 aliphatic rings. The molecule has 20 heavy (non-hydrogen) atoms. The number of benzene rings is 1. The first-order valence-corrected chi connectivity index (χ1v) is 7.03. The highest BCUT2D eigenvalue weighted by molar-refractivity contribution is 5.79. The Balaban J connectivity index is 1.75. The van der Waals surface area contributed by atoms with Gasteiger partial charge in [0.05, 0.1) is 0 Å². The molecule has 2 aliphatic heterocycles. The summed E-state index contributed by atoms with van der Waals surface area (Å²) in [4.78, 5) is 6.57. The van der Waals surface area contributed by atoms with E-state index in [0.717, 1.165) is 5.56 Å². The minimum absolute atomic E-state index is 0.312. The summed E-state index contributed by atoms with van der Waals surface area (Å²) < 4.78 is 0. The summed E-state index contributed by atoms with van der Waals surface area (Å²) in [6.45, 7) is 2.33. The van der Waals surface area contributed by atoms with E-state index >= 15 is 0 Å². The summed E-state index contributed by atoms with van der Waals surface area (Å²) in [7, 11) is 2.18. The van der Waals surface area contributed by atoms with Gasteiger partial charge >= 0.3 is 0 Å². The number of nitrogens with one attached hydrogen (secondary N) is 2. The number of hydrogen-bond donors (Lipinski definition) is 4. The Morgan fingerprint density at radius 1 is 1.25 bits per heavy atom. The van der Waals surface area contributed by atoms with Crippen LogP contribution in [0, 0.1) is 0 Å². The largest absolute Gasteiger partial charge is 0.369 e. The van der Waals surface area contributed by atoms with Gasteiger partial charge in [0.25, 0.3) is 0 Å². The molecule has 6 nitrogen and oxygen atoms in total. The van der Waals surface area contributed by atoms with Crippen molar-refractivity contribution < 1.29 is 0 Å². The molecule has 0 aromatic heterocycles. The minimum Gasteiger partial charge on any atom is -0.369 e. The average Bonchev–Trinajstić information content (AvgIpc) is 2.81. The van der Waals surface area contributed by atoms with Crippen LogP contribution in [0.1, 0.15) is 29.9 Å². The van der Waals surface area contributed by atoms with Crippen molar-refractivity contribution in [2.24, 2.45) is 16.5 Å². The second-order valence-corrected chi connectivity index (χ2v) is 5.71. The Morgan fingerprint density at radius 2 is 1.90 bits per heavy atom. The monoisotopic (exact) mass is 274 g/mol. The zero-order chi connectivity index (χ0) is 14.2. The van der Waals surface area contributed by atoms with Crippen LogP contribution in [-0.4, -0.2) is 31.0 Å². The Labute approximate surface area is 119 Å². The van der Waals surface area contributed by atoms with Crippen LogP contribution in [0.4, 0.5) is 0 Å².